The Morgan fingerprint density at radius 1 is 1.29 bits per heavy atom. The standard InChI is InChI=1S/C15H26O2/c1-6-8-13(5)14(9-7-2)10-11-17-15(16)12(3)4/h8,14H,3,6-7,9-11H2,1-2,4-5H3/b13-8+. The van der Waals surface area contributed by atoms with Crippen LogP contribution < -0.4 is 0 Å². The molecule has 98 valence electrons. The molecule has 0 bridgehead atoms. The van der Waals surface area contributed by atoms with Gasteiger partial charge in [0.1, 0.15) is 0 Å². The Balaban J connectivity index is 4.14. The summed E-state index contributed by atoms with van der Waals surface area (Å²) in [4.78, 5) is 11.2. The van der Waals surface area contributed by atoms with Crippen molar-refractivity contribution in [2.24, 2.45) is 5.92 Å². The van der Waals surface area contributed by atoms with E-state index in [0.29, 0.717) is 18.1 Å². The fourth-order valence-electron chi connectivity index (χ4n) is 1.85. The lowest BCUT2D eigenvalue weighted by Crippen LogP contribution is -2.11. The van der Waals surface area contributed by atoms with Crippen molar-refractivity contribution in [3.63, 3.8) is 0 Å². The highest BCUT2D eigenvalue weighted by atomic mass is 16.5. The van der Waals surface area contributed by atoms with Gasteiger partial charge in [-0.05, 0) is 39.0 Å². The van der Waals surface area contributed by atoms with Crippen LogP contribution in [0.2, 0.25) is 0 Å². The molecule has 0 saturated heterocycles. The number of carbonyl (C=O) groups excluding carboxylic acids is 1. The quantitative estimate of drug-likeness (QED) is 0.358. The van der Waals surface area contributed by atoms with Crippen molar-refractivity contribution < 1.29 is 9.53 Å². The second-order valence-electron chi connectivity index (χ2n) is 4.55. The van der Waals surface area contributed by atoms with Crippen molar-refractivity contribution >= 4 is 5.97 Å². The van der Waals surface area contributed by atoms with Crippen LogP contribution in [0.1, 0.15) is 53.4 Å². The van der Waals surface area contributed by atoms with Crippen LogP contribution in [-0.2, 0) is 9.53 Å². The molecule has 0 radical (unpaired) electrons. The lowest BCUT2D eigenvalue weighted by molar-refractivity contribution is -0.139. The third-order valence-corrected chi connectivity index (χ3v) is 2.86. The summed E-state index contributed by atoms with van der Waals surface area (Å²) in [5.74, 6) is 0.259. The summed E-state index contributed by atoms with van der Waals surface area (Å²) in [6, 6.07) is 0. The summed E-state index contributed by atoms with van der Waals surface area (Å²) in [5, 5.41) is 0. The number of hydrogen-bond acceptors (Lipinski definition) is 2. The van der Waals surface area contributed by atoms with Crippen molar-refractivity contribution in [1.82, 2.24) is 0 Å². The molecule has 2 heteroatoms. The predicted molar refractivity (Wildman–Crippen MR) is 72.8 cm³/mol. The summed E-state index contributed by atoms with van der Waals surface area (Å²) in [7, 11) is 0. The van der Waals surface area contributed by atoms with Crippen LogP contribution in [0, 0.1) is 5.92 Å². The van der Waals surface area contributed by atoms with Gasteiger partial charge in [-0.1, -0.05) is 38.5 Å². The Morgan fingerprint density at radius 2 is 1.94 bits per heavy atom. The minimum absolute atomic E-state index is 0.280. The van der Waals surface area contributed by atoms with Gasteiger partial charge in [-0.3, -0.25) is 0 Å². The molecule has 0 aromatic rings. The molecule has 17 heavy (non-hydrogen) atoms. The highest BCUT2D eigenvalue weighted by molar-refractivity contribution is 5.86. The topological polar surface area (TPSA) is 26.3 Å². The molecule has 2 nitrogen and oxygen atoms in total. The number of esters is 1. The fraction of sp³-hybridized carbons (Fsp3) is 0.667. The molecule has 0 N–H and O–H groups in total. The Hall–Kier alpha value is -1.05. The highest BCUT2D eigenvalue weighted by Crippen LogP contribution is 2.21. The van der Waals surface area contributed by atoms with E-state index >= 15 is 0 Å². The number of hydrogen-bond donors (Lipinski definition) is 0. The van der Waals surface area contributed by atoms with Crippen LogP contribution in [0.5, 0.6) is 0 Å². The third kappa shape index (κ3) is 6.98. The predicted octanol–water partition coefficient (Wildman–Crippen LogP) is 4.27. The molecule has 1 atom stereocenters. The Morgan fingerprint density at radius 3 is 2.41 bits per heavy atom. The van der Waals surface area contributed by atoms with E-state index in [0.717, 1.165) is 25.7 Å². The first kappa shape index (κ1) is 16.0. The molecule has 0 amide bonds. The van der Waals surface area contributed by atoms with E-state index in [-0.39, 0.29) is 5.97 Å². The van der Waals surface area contributed by atoms with Gasteiger partial charge in [0.25, 0.3) is 0 Å². The Kier molecular flexibility index (Phi) is 8.47. The van der Waals surface area contributed by atoms with Crippen molar-refractivity contribution in [3.8, 4) is 0 Å². The lowest BCUT2D eigenvalue weighted by atomic mass is 9.92. The van der Waals surface area contributed by atoms with Gasteiger partial charge in [0.05, 0.1) is 6.61 Å². The van der Waals surface area contributed by atoms with E-state index in [1.165, 1.54) is 5.57 Å². The van der Waals surface area contributed by atoms with Gasteiger partial charge in [0.2, 0.25) is 0 Å². The van der Waals surface area contributed by atoms with E-state index in [9.17, 15) is 4.79 Å². The van der Waals surface area contributed by atoms with Crippen molar-refractivity contribution in [2.75, 3.05) is 6.61 Å². The molecule has 0 rings (SSSR count). The smallest absolute Gasteiger partial charge is 0.333 e. The number of rotatable bonds is 8. The molecular formula is C15H26O2. The van der Waals surface area contributed by atoms with Crippen LogP contribution in [0.3, 0.4) is 0 Å². The van der Waals surface area contributed by atoms with Crippen LogP contribution >= 0.6 is 0 Å². The maximum atomic E-state index is 11.2. The average Bonchev–Trinajstić information content (AvgIpc) is 2.27. The number of carbonyl (C=O) groups is 1. The molecule has 0 aliphatic rings. The van der Waals surface area contributed by atoms with Crippen molar-refractivity contribution in [1.29, 1.82) is 0 Å². The van der Waals surface area contributed by atoms with Gasteiger partial charge >= 0.3 is 5.97 Å². The highest BCUT2D eigenvalue weighted by Gasteiger charge is 2.11. The second kappa shape index (κ2) is 9.03. The van der Waals surface area contributed by atoms with Crippen molar-refractivity contribution in [2.45, 2.75) is 53.4 Å². The largest absolute Gasteiger partial charge is 0.462 e. The van der Waals surface area contributed by atoms with Gasteiger partial charge in [-0.15, -0.1) is 0 Å². The van der Waals surface area contributed by atoms with Crippen LogP contribution in [-0.4, -0.2) is 12.6 Å². The van der Waals surface area contributed by atoms with Crippen LogP contribution in [0.15, 0.2) is 23.8 Å². The molecule has 1 unspecified atom stereocenters. The maximum Gasteiger partial charge on any atom is 0.333 e. The fourth-order valence-corrected chi connectivity index (χ4v) is 1.85. The summed E-state index contributed by atoms with van der Waals surface area (Å²) in [5.41, 5.74) is 1.89. The lowest BCUT2D eigenvalue weighted by Gasteiger charge is -2.17. The van der Waals surface area contributed by atoms with E-state index in [2.05, 4.69) is 33.4 Å². The average molecular weight is 238 g/mol. The van der Waals surface area contributed by atoms with Gasteiger partial charge in [0.15, 0.2) is 0 Å². The Bertz CT molecular complexity index is 277. The van der Waals surface area contributed by atoms with Gasteiger partial charge in [0, 0.05) is 5.57 Å². The normalized spacial score (nSPS) is 13.3. The number of ether oxygens (including phenoxy) is 1. The molecular weight excluding hydrogens is 212 g/mol. The van der Waals surface area contributed by atoms with Crippen LogP contribution in [0.4, 0.5) is 0 Å². The Labute approximate surface area is 106 Å². The second-order valence-corrected chi connectivity index (χ2v) is 4.55. The van der Waals surface area contributed by atoms with E-state index in [1.54, 1.807) is 6.92 Å². The summed E-state index contributed by atoms with van der Waals surface area (Å²) in [6.45, 7) is 12.2. The van der Waals surface area contributed by atoms with Gasteiger partial charge in [-0.25, -0.2) is 4.79 Å². The zero-order valence-corrected chi connectivity index (χ0v) is 11.7. The van der Waals surface area contributed by atoms with Crippen LogP contribution in [0.25, 0.3) is 0 Å². The molecule has 0 aromatic heterocycles. The van der Waals surface area contributed by atoms with E-state index in [1.807, 2.05) is 0 Å². The van der Waals surface area contributed by atoms with Crippen molar-refractivity contribution in [3.05, 3.63) is 23.8 Å². The zero-order chi connectivity index (χ0) is 13.3. The summed E-state index contributed by atoms with van der Waals surface area (Å²) >= 11 is 0. The molecule has 0 fully saturated rings. The van der Waals surface area contributed by atoms with E-state index in [4.69, 9.17) is 4.74 Å². The number of allylic oxidation sites excluding steroid dienone is 2. The molecule has 0 aliphatic carbocycles. The van der Waals surface area contributed by atoms with Gasteiger partial charge < -0.3 is 4.74 Å². The monoisotopic (exact) mass is 238 g/mol. The molecule has 0 heterocycles. The molecule has 0 saturated carbocycles. The zero-order valence-electron chi connectivity index (χ0n) is 11.7. The summed E-state index contributed by atoms with van der Waals surface area (Å²) in [6.07, 6.45) is 6.56. The van der Waals surface area contributed by atoms with E-state index < -0.39 is 0 Å². The first-order chi connectivity index (χ1) is 8.02. The first-order valence-electron chi connectivity index (χ1n) is 6.52. The first-order valence-corrected chi connectivity index (χ1v) is 6.52. The molecule has 0 spiro atoms. The van der Waals surface area contributed by atoms with Gasteiger partial charge in [-0.2, -0.15) is 0 Å². The minimum atomic E-state index is -0.280. The molecule has 0 aromatic carbocycles. The maximum absolute atomic E-state index is 11.2. The SMILES string of the molecule is C=C(C)C(=O)OCCC(CCC)/C(C)=C/CC. The third-order valence-electron chi connectivity index (χ3n) is 2.86. The summed E-state index contributed by atoms with van der Waals surface area (Å²) < 4.78 is 5.14. The molecule has 0 aliphatic heterocycles. The minimum Gasteiger partial charge on any atom is -0.462 e.